The van der Waals surface area contributed by atoms with Crippen molar-refractivity contribution in [3.05, 3.63) is 59.4 Å². The average molecular weight is 319 g/mol. The van der Waals surface area contributed by atoms with Crippen molar-refractivity contribution < 1.29 is 14.0 Å². The van der Waals surface area contributed by atoms with Crippen molar-refractivity contribution in [2.24, 2.45) is 0 Å². The van der Waals surface area contributed by atoms with Crippen LogP contribution in [-0.4, -0.2) is 11.3 Å². The lowest BCUT2D eigenvalue weighted by Crippen LogP contribution is -2.38. The van der Waals surface area contributed by atoms with Gasteiger partial charge in [-0.1, -0.05) is 12.1 Å². The summed E-state index contributed by atoms with van der Waals surface area (Å²) >= 11 is 5.39. The first-order valence-corrected chi connectivity index (χ1v) is 7.05. The van der Waals surface area contributed by atoms with Crippen LogP contribution in [0.3, 0.4) is 0 Å². The third-order valence-electron chi connectivity index (χ3n) is 3.45. The Morgan fingerprint density at radius 3 is 2.86 bits per heavy atom. The Hall–Kier alpha value is -2.40. The van der Waals surface area contributed by atoms with Crippen molar-refractivity contribution in [1.82, 2.24) is 0 Å². The highest BCUT2D eigenvalue weighted by Crippen LogP contribution is 2.28. The molecule has 0 fully saturated rings. The Morgan fingerprint density at radius 1 is 1.27 bits per heavy atom. The summed E-state index contributed by atoms with van der Waals surface area (Å²) in [5, 5.41) is 2.26. The van der Waals surface area contributed by atoms with Crippen LogP contribution in [0.15, 0.2) is 42.5 Å². The lowest BCUT2D eigenvalue weighted by Gasteiger charge is -2.29. The lowest BCUT2D eigenvalue weighted by molar-refractivity contribution is -0.111. The van der Waals surface area contributed by atoms with E-state index in [-0.39, 0.29) is 24.8 Å². The molecule has 2 aromatic carbocycles. The van der Waals surface area contributed by atoms with E-state index in [1.54, 1.807) is 30.3 Å². The molecule has 0 spiro atoms. The van der Waals surface area contributed by atoms with Crippen LogP contribution in [-0.2, 0) is 17.8 Å². The Balaban J connectivity index is 1.92. The van der Waals surface area contributed by atoms with E-state index in [1.165, 1.54) is 17.0 Å². The minimum atomic E-state index is -0.465. The first-order chi connectivity index (χ1) is 10.5. The van der Waals surface area contributed by atoms with Crippen molar-refractivity contribution in [2.75, 3.05) is 10.2 Å². The molecule has 112 valence electrons. The minimum Gasteiger partial charge on any atom is -0.307 e. The van der Waals surface area contributed by atoms with Gasteiger partial charge in [-0.3, -0.25) is 9.69 Å². The maximum absolute atomic E-state index is 13.3. The van der Waals surface area contributed by atoms with Gasteiger partial charge < -0.3 is 5.32 Å². The molecule has 0 unspecified atom stereocenters. The molecule has 1 heterocycles. The zero-order chi connectivity index (χ0) is 15.7. The fourth-order valence-electron chi connectivity index (χ4n) is 2.44. The van der Waals surface area contributed by atoms with Gasteiger partial charge in [-0.05, 0) is 53.1 Å². The third kappa shape index (κ3) is 2.94. The highest BCUT2D eigenvalue weighted by molar-refractivity contribution is 6.63. The summed E-state index contributed by atoms with van der Waals surface area (Å²) in [4.78, 5) is 24.7. The fraction of sp³-hybridized carbons (Fsp3) is 0.125. The van der Waals surface area contributed by atoms with E-state index in [0.29, 0.717) is 16.9 Å². The number of urea groups is 1. The lowest BCUT2D eigenvalue weighted by atomic mass is 10.1. The van der Waals surface area contributed by atoms with Crippen LogP contribution < -0.4 is 10.2 Å². The number of nitrogens with zero attached hydrogens (tertiary/aromatic N) is 1. The van der Waals surface area contributed by atoms with Crippen LogP contribution in [0.5, 0.6) is 0 Å². The smallest absolute Gasteiger partial charge is 0.307 e. The second kappa shape index (κ2) is 5.77. The highest BCUT2D eigenvalue weighted by atomic mass is 35.5. The number of fused-ring (bicyclic) bond motifs is 1. The molecule has 0 saturated carbocycles. The molecule has 0 aromatic heterocycles. The third-order valence-corrected chi connectivity index (χ3v) is 3.58. The summed E-state index contributed by atoms with van der Waals surface area (Å²) in [6.45, 7) is 0.261. The first kappa shape index (κ1) is 14.5. The molecule has 1 N–H and O–H groups in total. The number of carbonyl (C=O) groups excluding carboxylic acids is 2. The SMILES string of the molecule is O=C(Cl)Cc1cccc(N2Cc3cc(F)ccc3NC2=O)c1. The van der Waals surface area contributed by atoms with Gasteiger partial charge in [-0.2, -0.15) is 0 Å². The van der Waals surface area contributed by atoms with Gasteiger partial charge in [-0.15, -0.1) is 0 Å². The van der Waals surface area contributed by atoms with Crippen LogP contribution in [0.1, 0.15) is 11.1 Å². The van der Waals surface area contributed by atoms with E-state index in [2.05, 4.69) is 5.32 Å². The molecule has 0 aliphatic carbocycles. The molecule has 22 heavy (non-hydrogen) atoms. The number of hydrogen-bond acceptors (Lipinski definition) is 2. The molecule has 6 heteroatoms. The molecular formula is C16H12ClFN2O2. The van der Waals surface area contributed by atoms with E-state index in [9.17, 15) is 14.0 Å². The second-order valence-electron chi connectivity index (χ2n) is 5.02. The van der Waals surface area contributed by atoms with Crippen LogP contribution in [0.4, 0.5) is 20.6 Å². The minimum absolute atomic E-state index is 0.0933. The molecule has 1 aliphatic heterocycles. The molecule has 1 aliphatic rings. The number of benzene rings is 2. The predicted octanol–water partition coefficient (Wildman–Crippen LogP) is 3.69. The summed E-state index contributed by atoms with van der Waals surface area (Å²) in [6, 6.07) is 10.9. The molecule has 0 bridgehead atoms. The van der Waals surface area contributed by atoms with Crippen molar-refractivity contribution in [3.8, 4) is 0 Å². The Bertz CT molecular complexity index is 764. The number of anilines is 2. The number of nitrogens with one attached hydrogen (secondary N) is 1. The average Bonchev–Trinajstić information content (AvgIpc) is 2.46. The topological polar surface area (TPSA) is 49.4 Å². The molecule has 0 atom stereocenters. The van der Waals surface area contributed by atoms with Crippen LogP contribution >= 0.6 is 11.6 Å². The molecular weight excluding hydrogens is 307 g/mol. The number of carbonyl (C=O) groups is 2. The largest absolute Gasteiger partial charge is 0.326 e. The van der Waals surface area contributed by atoms with Crippen molar-refractivity contribution in [2.45, 2.75) is 13.0 Å². The van der Waals surface area contributed by atoms with Crippen molar-refractivity contribution >= 4 is 34.2 Å². The van der Waals surface area contributed by atoms with E-state index >= 15 is 0 Å². The summed E-state index contributed by atoms with van der Waals surface area (Å²) in [5.74, 6) is -0.351. The van der Waals surface area contributed by atoms with Gasteiger partial charge in [-0.25, -0.2) is 9.18 Å². The highest BCUT2D eigenvalue weighted by Gasteiger charge is 2.24. The quantitative estimate of drug-likeness (QED) is 0.878. The van der Waals surface area contributed by atoms with Gasteiger partial charge in [0.05, 0.1) is 6.54 Å². The monoisotopic (exact) mass is 318 g/mol. The van der Waals surface area contributed by atoms with Gasteiger partial charge in [0.1, 0.15) is 5.82 Å². The zero-order valence-electron chi connectivity index (χ0n) is 11.5. The van der Waals surface area contributed by atoms with E-state index in [4.69, 9.17) is 11.6 Å². The Morgan fingerprint density at radius 2 is 2.09 bits per heavy atom. The maximum Gasteiger partial charge on any atom is 0.326 e. The summed E-state index contributed by atoms with van der Waals surface area (Å²) in [5.41, 5.74) is 2.64. The van der Waals surface area contributed by atoms with Gasteiger partial charge in [0.2, 0.25) is 5.24 Å². The second-order valence-corrected chi connectivity index (χ2v) is 5.44. The molecule has 2 amide bonds. The van der Waals surface area contributed by atoms with Gasteiger partial charge in [0, 0.05) is 17.8 Å². The van der Waals surface area contributed by atoms with Gasteiger partial charge in [0.25, 0.3) is 0 Å². The zero-order valence-corrected chi connectivity index (χ0v) is 12.2. The summed E-state index contributed by atoms with van der Waals surface area (Å²) in [7, 11) is 0. The molecule has 4 nitrogen and oxygen atoms in total. The number of hydrogen-bond donors (Lipinski definition) is 1. The fourth-order valence-corrected chi connectivity index (χ4v) is 2.60. The van der Waals surface area contributed by atoms with Crippen LogP contribution in [0.2, 0.25) is 0 Å². The summed E-state index contributed by atoms with van der Waals surface area (Å²) < 4.78 is 13.3. The number of rotatable bonds is 3. The molecule has 0 radical (unpaired) electrons. The van der Waals surface area contributed by atoms with Gasteiger partial charge in [0.15, 0.2) is 0 Å². The van der Waals surface area contributed by atoms with E-state index < -0.39 is 5.24 Å². The number of amides is 2. The van der Waals surface area contributed by atoms with Crippen LogP contribution in [0.25, 0.3) is 0 Å². The molecule has 0 saturated heterocycles. The normalized spacial score (nSPS) is 13.5. The molecule has 2 aromatic rings. The molecule has 3 rings (SSSR count). The van der Waals surface area contributed by atoms with Crippen molar-refractivity contribution in [3.63, 3.8) is 0 Å². The Labute approximate surface area is 131 Å². The van der Waals surface area contributed by atoms with E-state index in [1.807, 2.05) is 0 Å². The first-order valence-electron chi connectivity index (χ1n) is 6.67. The summed E-state index contributed by atoms with van der Waals surface area (Å²) in [6.07, 6.45) is 0.0933. The standard InChI is InChI=1S/C16H12ClFN2O2/c17-15(21)7-10-2-1-3-13(6-10)20-9-11-8-12(18)4-5-14(11)19-16(20)22/h1-6,8H,7,9H2,(H,19,22). The maximum atomic E-state index is 13.3. The van der Waals surface area contributed by atoms with Crippen molar-refractivity contribution in [1.29, 1.82) is 0 Å². The van der Waals surface area contributed by atoms with E-state index in [0.717, 1.165) is 5.56 Å². The Kier molecular flexibility index (Phi) is 3.81. The predicted molar refractivity (Wildman–Crippen MR) is 82.6 cm³/mol. The number of halogens is 2. The van der Waals surface area contributed by atoms with Gasteiger partial charge >= 0.3 is 6.03 Å². The van der Waals surface area contributed by atoms with Crippen LogP contribution in [0, 0.1) is 5.82 Å².